The average Bonchev–Trinajstić information content (AvgIpc) is 3.15. The minimum absolute atomic E-state index is 0.221. The van der Waals surface area contributed by atoms with E-state index in [1.165, 1.54) is 5.06 Å². The van der Waals surface area contributed by atoms with E-state index in [4.69, 9.17) is 22.2 Å². The molecule has 4 rings (SSSR count). The van der Waals surface area contributed by atoms with Crippen molar-refractivity contribution < 1.29 is 19.2 Å². The number of rotatable bonds is 4. The lowest BCUT2D eigenvalue weighted by Crippen LogP contribution is -2.40. The molecule has 2 N–H and O–H groups in total. The standard InChI is InChI=1S/C22H22ClN3O4/c1-11-4-6-14(8-13(11)3)19-18-20(30-25(19)10-17(24)27)22(29)26(21(18)28)15-7-5-12(2)16(23)9-15/h4-9,18-20H,10H2,1-3H3,(H2,24,27). The first kappa shape index (κ1) is 20.5. The third-order valence-corrected chi connectivity index (χ3v) is 6.20. The van der Waals surface area contributed by atoms with Crippen molar-refractivity contribution in [3.63, 3.8) is 0 Å². The van der Waals surface area contributed by atoms with E-state index in [2.05, 4.69) is 0 Å². The van der Waals surface area contributed by atoms with Crippen LogP contribution in [-0.2, 0) is 19.2 Å². The number of halogens is 1. The van der Waals surface area contributed by atoms with Gasteiger partial charge in [-0.05, 0) is 55.2 Å². The zero-order valence-corrected chi connectivity index (χ0v) is 17.6. The summed E-state index contributed by atoms with van der Waals surface area (Å²) in [5.74, 6) is -2.27. The summed E-state index contributed by atoms with van der Waals surface area (Å²) in [6, 6.07) is 10.2. The molecule has 2 fully saturated rings. The highest BCUT2D eigenvalue weighted by Gasteiger charge is 2.60. The average molecular weight is 428 g/mol. The van der Waals surface area contributed by atoms with Crippen molar-refractivity contribution in [3.05, 3.63) is 63.7 Å². The second kappa shape index (κ2) is 7.50. The van der Waals surface area contributed by atoms with Crippen LogP contribution >= 0.6 is 11.6 Å². The Kier molecular flexibility index (Phi) is 5.13. The van der Waals surface area contributed by atoms with Crippen LogP contribution in [0.2, 0.25) is 5.02 Å². The van der Waals surface area contributed by atoms with E-state index in [9.17, 15) is 14.4 Å². The minimum atomic E-state index is -1.02. The third kappa shape index (κ3) is 3.29. The van der Waals surface area contributed by atoms with Crippen molar-refractivity contribution in [1.82, 2.24) is 5.06 Å². The van der Waals surface area contributed by atoms with Gasteiger partial charge < -0.3 is 5.73 Å². The van der Waals surface area contributed by atoms with E-state index in [1.54, 1.807) is 18.2 Å². The van der Waals surface area contributed by atoms with E-state index < -0.39 is 29.9 Å². The fraction of sp³-hybridized carbons (Fsp3) is 0.318. The van der Waals surface area contributed by atoms with Gasteiger partial charge in [-0.3, -0.25) is 19.2 Å². The Morgan fingerprint density at radius 3 is 2.37 bits per heavy atom. The van der Waals surface area contributed by atoms with Gasteiger partial charge in [0.1, 0.15) is 6.54 Å². The number of hydroxylamine groups is 2. The number of hydrogen-bond donors (Lipinski definition) is 1. The van der Waals surface area contributed by atoms with Gasteiger partial charge in [0.2, 0.25) is 11.8 Å². The summed E-state index contributed by atoms with van der Waals surface area (Å²) in [6.45, 7) is 5.57. The van der Waals surface area contributed by atoms with Crippen molar-refractivity contribution in [3.8, 4) is 0 Å². The van der Waals surface area contributed by atoms with E-state index in [0.29, 0.717) is 10.7 Å². The number of nitrogens with two attached hydrogens (primary N) is 1. The third-order valence-electron chi connectivity index (χ3n) is 5.79. The van der Waals surface area contributed by atoms with Gasteiger partial charge in [0.05, 0.1) is 17.6 Å². The number of amides is 3. The highest BCUT2D eigenvalue weighted by atomic mass is 35.5. The van der Waals surface area contributed by atoms with Crippen molar-refractivity contribution in [2.24, 2.45) is 11.7 Å². The van der Waals surface area contributed by atoms with Crippen LogP contribution in [-0.4, -0.2) is 35.4 Å². The fourth-order valence-electron chi connectivity index (χ4n) is 4.06. The predicted molar refractivity (Wildman–Crippen MR) is 112 cm³/mol. The number of aryl methyl sites for hydroxylation is 3. The van der Waals surface area contributed by atoms with Crippen molar-refractivity contribution >= 4 is 35.0 Å². The van der Waals surface area contributed by atoms with Crippen molar-refractivity contribution in [2.75, 3.05) is 11.4 Å². The van der Waals surface area contributed by atoms with Gasteiger partial charge in [0, 0.05) is 5.02 Å². The Balaban J connectivity index is 1.76. The molecule has 0 saturated carbocycles. The van der Waals surface area contributed by atoms with Crippen LogP contribution in [0.25, 0.3) is 0 Å². The molecular formula is C22H22ClN3O4. The summed E-state index contributed by atoms with van der Waals surface area (Å²) in [5.41, 5.74) is 9.55. The largest absolute Gasteiger partial charge is 0.368 e. The van der Waals surface area contributed by atoms with Crippen molar-refractivity contribution in [1.29, 1.82) is 0 Å². The van der Waals surface area contributed by atoms with Crippen LogP contribution in [0.5, 0.6) is 0 Å². The molecule has 0 aromatic heterocycles. The highest BCUT2D eigenvalue weighted by molar-refractivity contribution is 6.32. The van der Waals surface area contributed by atoms with Crippen molar-refractivity contribution in [2.45, 2.75) is 32.9 Å². The molecule has 3 amide bonds. The van der Waals surface area contributed by atoms with E-state index >= 15 is 0 Å². The first-order valence-corrected chi connectivity index (χ1v) is 9.99. The predicted octanol–water partition coefficient (Wildman–Crippen LogP) is 2.60. The van der Waals surface area contributed by atoms with E-state index in [-0.39, 0.29) is 12.5 Å². The molecule has 2 heterocycles. The Bertz CT molecular complexity index is 1070. The maximum absolute atomic E-state index is 13.4. The Morgan fingerprint density at radius 2 is 1.73 bits per heavy atom. The van der Waals surface area contributed by atoms with Crippen LogP contribution in [0.3, 0.4) is 0 Å². The molecule has 30 heavy (non-hydrogen) atoms. The van der Waals surface area contributed by atoms with E-state index in [0.717, 1.165) is 27.2 Å². The highest BCUT2D eigenvalue weighted by Crippen LogP contribution is 2.46. The number of imide groups is 1. The molecule has 2 aromatic rings. The molecule has 2 aliphatic heterocycles. The SMILES string of the molecule is Cc1ccc(C2C3C(=O)N(c4ccc(C)c(Cl)c4)C(=O)C3ON2CC(N)=O)cc1C. The van der Waals surface area contributed by atoms with E-state index in [1.807, 2.05) is 39.0 Å². The van der Waals surface area contributed by atoms with Gasteiger partial charge in [-0.15, -0.1) is 0 Å². The van der Waals surface area contributed by atoms with Gasteiger partial charge in [0.25, 0.3) is 5.91 Å². The molecular weight excluding hydrogens is 406 g/mol. The molecule has 0 bridgehead atoms. The zero-order valence-electron chi connectivity index (χ0n) is 16.9. The smallest absolute Gasteiger partial charge is 0.265 e. The van der Waals surface area contributed by atoms with Crippen LogP contribution in [0.15, 0.2) is 36.4 Å². The number of fused-ring (bicyclic) bond motifs is 1. The summed E-state index contributed by atoms with van der Waals surface area (Å²) >= 11 is 6.21. The lowest BCUT2D eigenvalue weighted by Gasteiger charge is -2.26. The number of primary amides is 1. The number of anilines is 1. The van der Waals surface area contributed by atoms with Gasteiger partial charge in [-0.1, -0.05) is 35.9 Å². The number of carbonyl (C=O) groups is 3. The maximum atomic E-state index is 13.4. The molecule has 8 heteroatoms. The molecule has 0 radical (unpaired) electrons. The molecule has 3 atom stereocenters. The molecule has 0 aliphatic carbocycles. The molecule has 2 aliphatic rings. The molecule has 7 nitrogen and oxygen atoms in total. The lowest BCUT2D eigenvalue weighted by atomic mass is 9.89. The Morgan fingerprint density at radius 1 is 1.03 bits per heavy atom. The second-order valence-corrected chi connectivity index (χ2v) is 8.23. The lowest BCUT2D eigenvalue weighted by molar-refractivity contribution is -0.175. The maximum Gasteiger partial charge on any atom is 0.265 e. The second-order valence-electron chi connectivity index (χ2n) is 7.83. The Hall–Kier alpha value is -2.74. The monoisotopic (exact) mass is 427 g/mol. The zero-order chi connectivity index (χ0) is 21.7. The van der Waals surface area contributed by atoms with Crippen LogP contribution < -0.4 is 10.6 Å². The van der Waals surface area contributed by atoms with Gasteiger partial charge in [-0.25, -0.2) is 4.90 Å². The summed E-state index contributed by atoms with van der Waals surface area (Å²) in [6.07, 6.45) is -1.02. The first-order valence-electron chi connectivity index (χ1n) is 9.62. The summed E-state index contributed by atoms with van der Waals surface area (Å²) in [7, 11) is 0. The minimum Gasteiger partial charge on any atom is -0.368 e. The van der Waals surface area contributed by atoms with Gasteiger partial charge in [0.15, 0.2) is 6.10 Å². The number of benzene rings is 2. The number of hydrogen-bond acceptors (Lipinski definition) is 5. The molecule has 2 aromatic carbocycles. The molecule has 3 unspecified atom stereocenters. The van der Waals surface area contributed by atoms with Gasteiger partial charge >= 0.3 is 0 Å². The summed E-state index contributed by atoms with van der Waals surface area (Å²) in [5, 5.41) is 1.82. The number of nitrogens with zero attached hydrogens (tertiary/aromatic N) is 2. The first-order chi connectivity index (χ1) is 14.2. The quantitative estimate of drug-likeness (QED) is 0.757. The fourth-order valence-corrected chi connectivity index (χ4v) is 4.23. The topological polar surface area (TPSA) is 92.9 Å². The summed E-state index contributed by atoms with van der Waals surface area (Å²) in [4.78, 5) is 45.0. The molecule has 156 valence electrons. The van der Waals surface area contributed by atoms with Crippen LogP contribution in [0.1, 0.15) is 28.3 Å². The van der Waals surface area contributed by atoms with Gasteiger partial charge in [-0.2, -0.15) is 5.06 Å². The molecule has 2 saturated heterocycles. The summed E-state index contributed by atoms with van der Waals surface area (Å²) < 4.78 is 0. The molecule has 0 spiro atoms. The normalized spacial score (nSPS) is 23.9. The number of carbonyl (C=O) groups excluding carboxylic acids is 3. The van der Waals surface area contributed by atoms with Crippen LogP contribution in [0.4, 0.5) is 5.69 Å². The van der Waals surface area contributed by atoms with Crippen LogP contribution in [0, 0.1) is 26.7 Å². The Labute approximate surface area is 179 Å².